The van der Waals surface area contributed by atoms with Crippen LogP contribution in [-0.4, -0.2) is 29.9 Å². The van der Waals surface area contributed by atoms with Crippen LogP contribution in [-0.2, 0) is 11.3 Å². The molecule has 1 aliphatic heterocycles. The van der Waals surface area contributed by atoms with Crippen molar-refractivity contribution in [2.75, 3.05) is 13.1 Å². The van der Waals surface area contributed by atoms with Crippen LogP contribution in [0, 0.1) is 12.7 Å². The highest BCUT2D eigenvalue weighted by Gasteiger charge is 2.24. The second kappa shape index (κ2) is 6.84. The lowest BCUT2D eigenvalue weighted by atomic mass is 10.0. The van der Waals surface area contributed by atoms with Gasteiger partial charge in [-0.15, -0.1) is 0 Å². The third-order valence-corrected chi connectivity index (χ3v) is 3.95. The molecule has 0 aromatic heterocycles. The Balaban J connectivity index is 2.14. The standard InChI is InChI=1S/C16H23FN2O/c1-3-16(20)19(14-6-8-18-9-7-14)11-13-4-5-15(17)12(2)10-13/h4-5,10,14,18H,3,6-9,11H2,1-2H3. The van der Waals surface area contributed by atoms with Gasteiger partial charge in [-0.1, -0.05) is 19.1 Å². The smallest absolute Gasteiger partial charge is 0.222 e. The Morgan fingerprint density at radius 3 is 2.70 bits per heavy atom. The first kappa shape index (κ1) is 15.0. The first-order valence-corrected chi connectivity index (χ1v) is 7.37. The summed E-state index contributed by atoms with van der Waals surface area (Å²) in [7, 11) is 0. The lowest BCUT2D eigenvalue weighted by Crippen LogP contribution is -2.45. The Labute approximate surface area is 120 Å². The normalized spacial score (nSPS) is 16.1. The maximum atomic E-state index is 13.3. The van der Waals surface area contributed by atoms with Gasteiger partial charge in [0.05, 0.1) is 0 Å². The van der Waals surface area contributed by atoms with Gasteiger partial charge in [0, 0.05) is 19.0 Å². The van der Waals surface area contributed by atoms with Crippen molar-refractivity contribution in [2.45, 2.75) is 45.7 Å². The summed E-state index contributed by atoms with van der Waals surface area (Å²) in [5.41, 5.74) is 1.64. The summed E-state index contributed by atoms with van der Waals surface area (Å²) in [6.07, 6.45) is 2.50. The molecule has 0 aliphatic carbocycles. The summed E-state index contributed by atoms with van der Waals surface area (Å²) in [5, 5.41) is 3.32. The molecule has 0 bridgehead atoms. The molecule has 0 saturated carbocycles. The molecular weight excluding hydrogens is 255 g/mol. The maximum absolute atomic E-state index is 13.3. The van der Waals surface area contributed by atoms with Gasteiger partial charge in [0.15, 0.2) is 0 Å². The average Bonchev–Trinajstić information content (AvgIpc) is 2.48. The molecule has 1 aromatic rings. The molecule has 1 fully saturated rings. The first-order chi connectivity index (χ1) is 9.61. The molecule has 2 rings (SSSR count). The molecule has 1 aliphatic rings. The van der Waals surface area contributed by atoms with E-state index in [1.54, 1.807) is 13.0 Å². The quantitative estimate of drug-likeness (QED) is 0.918. The van der Waals surface area contributed by atoms with E-state index in [9.17, 15) is 9.18 Å². The number of hydrogen-bond acceptors (Lipinski definition) is 2. The second-order valence-electron chi connectivity index (χ2n) is 5.44. The van der Waals surface area contributed by atoms with Crippen LogP contribution in [0.5, 0.6) is 0 Å². The molecule has 1 heterocycles. The van der Waals surface area contributed by atoms with Crippen LogP contribution in [0.2, 0.25) is 0 Å². The van der Waals surface area contributed by atoms with E-state index in [-0.39, 0.29) is 11.7 Å². The van der Waals surface area contributed by atoms with E-state index in [4.69, 9.17) is 0 Å². The molecule has 3 nitrogen and oxygen atoms in total. The molecular formula is C16H23FN2O. The predicted octanol–water partition coefficient (Wildman–Crippen LogP) is 2.62. The van der Waals surface area contributed by atoms with Gasteiger partial charge in [-0.05, 0) is 50.0 Å². The third kappa shape index (κ3) is 3.57. The van der Waals surface area contributed by atoms with Gasteiger partial charge in [0.1, 0.15) is 5.82 Å². The summed E-state index contributed by atoms with van der Waals surface area (Å²) in [4.78, 5) is 14.2. The number of nitrogens with zero attached hydrogens (tertiary/aromatic N) is 1. The van der Waals surface area contributed by atoms with Crippen molar-refractivity contribution in [1.82, 2.24) is 10.2 Å². The van der Waals surface area contributed by atoms with E-state index in [1.165, 1.54) is 6.07 Å². The SMILES string of the molecule is CCC(=O)N(Cc1ccc(F)c(C)c1)C1CCNCC1. The van der Waals surface area contributed by atoms with Crippen LogP contribution in [0.3, 0.4) is 0 Å². The number of nitrogens with one attached hydrogen (secondary N) is 1. The zero-order valence-corrected chi connectivity index (χ0v) is 12.3. The number of benzene rings is 1. The molecule has 0 atom stereocenters. The predicted molar refractivity (Wildman–Crippen MR) is 77.9 cm³/mol. The molecule has 20 heavy (non-hydrogen) atoms. The summed E-state index contributed by atoms with van der Waals surface area (Å²) in [6.45, 7) is 6.15. The fourth-order valence-electron chi connectivity index (χ4n) is 2.74. The minimum atomic E-state index is -0.191. The number of carbonyl (C=O) groups excluding carboxylic acids is 1. The van der Waals surface area contributed by atoms with Crippen molar-refractivity contribution >= 4 is 5.91 Å². The van der Waals surface area contributed by atoms with Gasteiger partial charge < -0.3 is 10.2 Å². The molecule has 1 N–H and O–H groups in total. The summed E-state index contributed by atoms with van der Waals surface area (Å²) >= 11 is 0. The van der Waals surface area contributed by atoms with Gasteiger partial charge in [0.2, 0.25) is 5.91 Å². The molecule has 4 heteroatoms. The lowest BCUT2D eigenvalue weighted by molar-refractivity contribution is -0.134. The van der Waals surface area contributed by atoms with Crippen molar-refractivity contribution in [3.63, 3.8) is 0 Å². The molecule has 0 unspecified atom stereocenters. The fraction of sp³-hybridized carbons (Fsp3) is 0.562. The summed E-state index contributed by atoms with van der Waals surface area (Å²) < 4.78 is 13.3. The van der Waals surface area contributed by atoms with E-state index in [1.807, 2.05) is 17.9 Å². The van der Waals surface area contributed by atoms with E-state index in [0.717, 1.165) is 31.5 Å². The Hall–Kier alpha value is -1.42. The minimum Gasteiger partial charge on any atom is -0.335 e. The maximum Gasteiger partial charge on any atom is 0.222 e. The summed E-state index contributed by atoms with van der Waals surface area (Å²) in [6, 6.07) is 5.40. The Kier molecular flexibility index (Phi) is 5.12. The Morgan fingerprint density at radius 1 is 1.40 bits per heavy atom. The number of amides is 1. The van der Waals surface area contributed by atoms with Gasteiger partial charge in [0.25, 0.3) is 0 Å². The number of rotatable bonds is 4. The van der Waals surface area contributed by atoms with Gasteiger partial charge in [-0.3, -0.25) is 4.79 Å². The average molecular weight is 278 g/mol. The first-order valence-electron chi connectivity index (χ1n) is 7.37. The van der Waals surface area contributed by atoms with Gasteiger partial charge in [-0.2, -0.15) is 0 Å². The zero-order chi connectivity index (χ0) is 14.5. The van der Waals surface area contributed by atoms with E-state index in [0.29, 0.717) is 24.6 Å². The second-order valence-corrected chi connectivity index (χ2v) is 5.44. The zero-order valence-electron chi connectivity index (χ0n) is 12.3. The van der Waals surface area contributed by atoms with Gasteiger partial charge in [-0.25, -0.2) is 4.39 Å². The molecule has 110 valence electrons. The van der Waals surface area contributed by atoms with Crippen molar-refractivity contribution in [3.05, 3.63) is 35.1 Å². The monoisotopic (exact) mass is 278 g/mol. The van der Waals surface area contributed by atoms with Gasteiger partial charge >= 0.3 is 0 Å². The number of hydrogen-bond donors (Lipinski definition) is 1. The molecule has 0 radical (unpaired) electrons. The van der Waals surface area contributed by atoms with Crippen molar-refractivity contribution in [2.24, 2.45) is 0 Å². The summed E-state index contributed by atoms with van der Waals surface area (Å²) in [5.74, 6) is -0.0112. The topological polar surface area (TPSA) is 32.3 Å². The highest BCUT2D eigenvalue weighted by Crippen LogP contribution is 2.18. The van der Waals surface area contributed by atoms with Crippen LogP contribution in [0.1, 0.15) is 37.3 Å². The molecule has 1 amide bonds. The third-order valence-electron chi connectivity index (χ3n) is 3.95. The van der Waals surface area contributed by atoms with Crippen molar-refractivity contribution in [3.8, 4) is 0 Å². The van der Waals surface area contributed by atoms with Crippen molar-refractivity contribution in [1.29, 1.82) is 0 Å². The number of piperidine rings is 1. The van der Waals surface area contributed by atoms with E-state index >= 15 is 0 Å². The largest absolute Gasteiger partial charge is 0.335 e. The number of carbonyl (C=O) groups is 1. The van der Waals surface area contributed by atoms with E-state index < -0.39 is 0 Å². The Bertz CT molecular complexity index is 470. The fourth-order valence-corrected chi connectivity index (χ4v) is 2.74. The van der Waals surface area contributed by atoms with Crippen LogP contribution in [0.15, 0.2) is 18.2 Å². The van der Waals surface area contributed by atoms with Crippen LogP contribution < -0.4 is 5.32 Å². The molecule has 1 aromatic carbocycles. The minimum absolute atomic E-state index is 0.180. The molecule has 0 spiro atoms. The van der Waals surface area contributed by atoms with Crippen molar-refractivity contribution < 1.29 is 9.18 Å². The van der Waals surface area contributed by atoms with Crippen LogP contribution in [0.25, 0.3) is 0 Å². The van der Waals surface area contributed by atoms with E-state index in [2.05, 4.69) is 5.32 Å². The highest BCUT2D eigenvalue weighted by molar-refractivity contribution is 5.76. The number of halogens is 1. The lowest BCUT2D eigenvalue weighted by Gasteiger charge is -2.34. The van der Waals surface area contributed by atoms with Crippen LogP contribution >= 0.6 is 0 Å². The molecule has 1 saturated heterocycles. The Morgan fingerprint density at radius 2 is 2.10 bits per heavy atom. The highest BCUT2D eigenvalue weighted by atomic mass is 19.1. The van der Waals surface area contributed by atoms with Crippen LogP contribution in [0.4, 0.5) is 4.39 Å². The number of aryl methyl sites for hydroxylation is 1.